The van der Waals surface area contributed by atoms with Crippen LogP contribution in [0.25, 0.3) is 10.9 Å². The Morgan fingerprint density at radius 1 is 0.947 bits per heavy atom. The van der Waals surface area contributed by atoms with Gasteiger partial charge in [0.2, 0.25) is 0 Å². The minimum atomic E-state index is -0.224. The largest absolute Gasteiger partial charge is 0.303 e. The third-order valence-corrected chi connectivity index (χ3v) is 3.39. The first-order valence-electron chi connectivity index (χ1n) is 6.78. The number of para-hydroxylation sites is 1. The van der Waals surface area contributed by atoms with E-state index in [-0.39, 0.29) is 16.5 Å². The van der Waals surface area contributed by atoms with Gasteiger partial charge < -0.3 is 4.57 Å². The predicted molar refractivity (Wildman–Crippen MR) is 81.9 cm³/mol. The summed E-state index contributed by atoms with van der Waals surface area (Å²) in [4.78, 5) is 12.8. The highest BCUT2D eigenvalue weighted by atomic mass is 16.1. The average Bonchev–Trinajstić information content (AvgIpc) is 2.24. The monoisotopic (exact) mass is 257 g/mol. The highest BCUT2D eigenvalue weighted by Crippen LogP contribution is 2.26. The number of nitrogens with zero attached hydrogens (tertiary/aromatic N) is 1. The quantitative estimate of drug-likeness (QED) is 0.697. The first-order valence-corrected chi connectivity index (χ1v) is 6.78. The molecule has 2 nitrogen and oxygen atoms in total. The summed E-state index contributed by atoms with van der Waals surface area (Å²) < 4.78 is 1.92. The minimum Gasteiger partial charge on any atom is -0.303 e. The predicted octanol–water partition coefficient (Wildman–Crippen LogP) is 4.05. The van der Waals surface area contributed by atoms with Crippen molar-refractivity contribution in [2.24, 2.45) is 0 Å². The van der Waals surface area contributed by atoms with Crippen LogP contribution in [0.15, 0.2) is 35.1 Å². The van der Waals surface area contributed by atoms with E-state index >= 15 is 0 Å². The number of pyridine rings is 1. The summed E-state index contributed by atoms with van der Waals surface area (Å²) in [5.74, 6) is 0. The van der Waals surface area contributed by atoms with Crippen LogP contribution in [0.4, 0.5) is 0 Å². The van der Waals surface area contributed by atoms with Gasteiger partial charge in [-0.3, -0.25) is 4.79 Å². The van der Waals surface area contributed by atoms with Crippen LogP contribution in [-0.2, 0) is 11.0 Å². The molecule has 0 spiro atoms. The van der Waals surface area contributed by atoms with Crippen LogP contribution in [0, 0.1) is 0 Å². The molecule has 2 rings (SSSR count). The van der Waals surface area contributed by atoms with Crippen molar-refractivity contribution in [2.45, 2.75) is 52.5 Å². The highest BCUT2D eigenvalue weighted by Gasteiger charge is 2.24. The second kappa shape index (κ2) is 4.22. The van der Waals surface area contributed by atoms with E-state index in [1.54, 1.807) is 0 Å². The van der Waals surface area contributed by atoms with Crippen molar-refractivity contribution in [1.29, 1.82) is 0 Å². The Kier molecular flexibility index (Phi) is 3.08. The van der Waals surface area contributed by atoms with Gasteiger partial charge in [-0.2, -0.15) is 0 Å². The number of fused-ring (bicyclic) bond motifs is 1. The zero-order valence-electron chi connectivity index (χ0n) is 12.7. The molecule has 0 unspecified atom stereocenters. The van der Waals surface area contributed by atoms with Crippen LogP contribution in [-0.4, -0.2) is 4.57 Å². The maximum Gasteiger partial charge on any atom is 0.255 e. The molecular formula is C17H23NO. The SMILES string of the molecule is CC(C)(C)c1cc2ccccc2n(C(C)(C)C)c1=O. The van der Waals surface area contributed by atoms with E-state index in [4.69, 9.17) is 0 Å². The molecule has 0 aliphatic rings. The molecule has 1 heterocycles. The molecule has 2 heteroatoms. The zero-order valence-corrected chi connectivity index (χ0v) is 12.7. The van der Waals surface area contributed by atoms with Gasteiger partial charge in [-0.25, -0.2) is 0 Å². The van der Waals surface area contributed by atoms with E-state index in [0.717, 1.165) is 16.5 Å². The molecule has 0 N–H and O–H groups in total. The topological polar surface area (TPSA) is 22.0 Å². The van der Waals surface area contributed by atoms with Gasteiger partial charge in [0.05, 0.1) is 5.52 Å². The van der Waals surface area contributed by atoms with Gasteiger partial charge in [0.15, 0.2) is 0 Å². The Morgan fingerprint density at radius 2 is 1.53 bits per heavy atom. The molecule has 0 aliphatic heterocycles. The smallest absolute Gasteiger partial charge is 0.255 e. The Balaban J connectivity index is 2.99. The van der Waals surface area contributed by atoms with Gasteiger partial charge in [-0.05, 0) is 43.7 Å². The Morgan fingerprint density at radius 3 is 2.05 bits per heavy atom. The van der Waals surface area contributed by atoms with Gasteiger partial charge in [0.25, 0.3) is 5.56 Å². The molecule has 0 bridgehead atoms. The lowest BCUT2D eigenvalue weighted by atomic mass is 9.86. The summed E-state index contributed by atoms with van der Waals surface area (Å²) in [6.45, 7) is 12.5. The summed E-state index contributed by atoms with van der Waals surface area (Å²) in [6.07, 6.45) is 0. The van der Waals surface area contributed by atoms with Crippen LogP contribution >= 0.6 is 0 Å². The lowest BCUT2D eigenvalue weighted by molar-refractivity contribution is 0.392. The molecule has 0 saturated carbocycles. The molecular weight excluding hydrogens is 234 g/mol. The van der Waals surface area contributed by atoms with Gasteiger partial charge in [0.1, 0.15) is 0 Å². The van der Waals surface area contributed by atoms with Crippen molar-refractivity contribution >= 4 is 10.9 Å². The van der Waals surface area contributed by atoms with E-state index in [9.17, 15) is 4.79 Å². The molecule has 0 radical (unpaired) electrons. The summed E-state index contributed by atoms with van der Waals surface area (Å²) >= 11 is 0. The normalized spacial score (nSPS) is 12.9. The lowest BCUT2D eigenvalue weighted by Gasteiger charge is -2.28. The van der Waals surface area contributed by atoms with Gasteiger partial charge in [0, 0.05) is 11.1 Å². The van der Waals surface area contributed by atoms with Crippen LogP contribution in [0.3, 0.4) is 0 Å². The molecule has 2 aromatic rings. The van der Waals surface area contributed by atoms with Gasteiger partial charge >= 0.3 is 0 Å². The van der Waals surface area contributed by atoms with Crippen molar-refractivity contribution in [3.8, 4) is 0 Å². The fraction of sp³-hybridized carbons (Fsp3) is 0.471. The Hall–Kier alpha value is -1.57. The van der Waals surface area contributed by atoms with E-state index in [1.165, 1.54) is 0 Å². The van der Waals surface area contributed by atoms with Crippen LogP contribution < -0.4 is 5.56 Å². The number of aromatic nitrogens is 1. The molecule has 1 aromatic carbocycles. The van der Waals surface area contributed by atoms with Crippen molar-refractivity contribution < 1.29 is 0 Å². The second-order valence-corrected chi connectivity index (χ2v) is 7.18. The van der Waals surface area contributed by atoms with Gasteiger partial charge in [-0.1, -0.05) is 39.0 Å². The number of rotatable bonds is 0. The van der Waals surface area contributed by atoms with E-state index in [2.05, 4.69) is 47.6 Å². The van der Waals surface area contributed by atoms with Crippen molar-refractivity contribution in [3.05, 3.63) is 46.2 Å². The standard InChI is InChI=1S/C17H23NO/c1-16(2,3)13-11-12-9-7-8-10-14(12)18(15(13)19)17(4,5)6/h7-11H,1-6H3. The molecule has 0 amide bonds. The van der Waals surface area contributed by atoms with Crippen molar-refractivity contribution in [2.75, 3.05) is 0 Å². The third-order valence-electron chi connectivity index (χ3n) is 3.39. The van der Waals surface area contributed by atoms with E-state index in [0.29, 0.717) is 0 Å². The summed E-state index contributed by atoms with van der Waals surface area (Å²) in [5, 5.41) is 1.13. The first kappa shape index (κ1) is 13.9. The van der Waals surface area contributed by atoms with Crippen molar-refractivity contribution in [3.63, 3.8) is 0 Å². The molecule has 0 fully saturated rings. The molecule has 0 atom stereocenters. The average molecular weight is 257 g/mol. The number of benzene rings is 1. The summed E-state index contributed by atoms with van der Waals surface area (Å²) in [5.41, 5.74) is 1.64. The fourth-order valence-electron chi connectivity index (χ4n) is 2.46. The maximum absolute atomic E-state index is 12.8. The molecule has 1 aromatic heterocycles. The van der Waals surface area contributed by atoms with E-state index < -0.39 is 0 Å². The van der Waals surface area contributed by atoms with Crippen LogP contribution in [0.5, 0.6) is 0 Å². The highest BCUT2D eigenvalue weighted by molar-refractivity contribution is 5.80. The zero-order chi connectivity index (χ0) is 14.4. The van der Waals surface area contributed by atoms with Gasteiger partial charge in [-0.15, -0.1) is 0 Å². The summed E-state index contributed by atoms with van der Waals surface area (Å²) in [6, 6.07) is 10.1. The molecule has 102 valence electrons. The lowest BCUT2D eigenvalue weighted by Crippen LogP contribution is -2.38. The molecule has 0 saturated heterocycles. The van der Waals surface area contributed by atoms with Crippen molar-refractivity contribution in [1.82, 2.24) is 4.57 Å². The summed E-state index contributed by atoms with van der Waals surface area (Å²) in [7, 11) is 0. The van der Waals surface area contributed by atoms with Crippen LogP contribution in [0.2, 0.25) is 0 Å². The Bertz CT molecular complexity index is 666. The number of hydrogen-bond donors (Lipinski definition) is 0. The molecule has 19 heavy (non-hydrogen) atoms. The van der Waals surface area contributed by atoms with Crippen LogP contribution in [0.1, 0.15) is 47.1 Å². The number of hydrogen-bond acceptors (Lipinski definition) is 1. The first-order chi connectivity index (χ1) is 8.62. The third kappa shape index (κ3) is 2.44. The molecule has 0 aliphatic carbocycles. The fourth-order valence-corrected chi connectivity index (χ4v) is 2.46. The Labute approximate surface area is 115 Å². The minimum absolute atomic E-state index is 0.124. The van der Waals surface area contributed by atoms with E-state index in [1.807, 2.05) is 28.8 Å². The second-order valence-electron chi connectivity index (χ2n) is 7.18. The maximum atomic E-state index is 12.8.